The van der Waals surface area contributed by atoms with Gasteiger partial charge < -0.3 is 10.1 Å². The van der Waals surface area contributed by atoms with Crippen molar-refractivity contribution in [3.05, 3.63) is 29.8 Å². The fourth-order valence-electron chi connectivity index (χ4n) is 1.61. The minimum atomic E-state index is 0.415. The molecule has 1 aliphatic rings. The first-order chi connectivity index (χ1) is 6.92. The van der Waals surface area contributed by atoms with Gasteiger partial charge in [0.1, 0.15) is 5.75 Å². The van der Waals surface area contributed by atoms with Crippen LogP contribution in [0.2, 0.25) is 0 Å². The predicted molar refractivity (Wildman–Crippen MR) is 60.8 cm³/mol. The molecule has 0 spiro atoms. The second-order valence-corrected chi connectivity index (χ2v) is 4.39. The van der Waals surface area contributed by atoms with Crippen molar-refractivity contribution in [3.63, 3.8) is 0 Å². The lowest BCUT2D eigenvalue weighted by atomic mass is 10.2. The standard InChI is InChI=1S/C11H15NOS/c1-2-13-10-6-4-3-5-9(10)11-12-7-8-14-11/h3-6,11-12H,2,7-8H2,1H3/t11-/m1/s1. The zero-order valence-corrected chi connectivity index (χ0v) is 9.14. The third kappa shape index (κ3) is 2.04. The van der Waals surface area contributed by atoms with Gasteiger partial charge >= 0.3 is 0 Å². The maximum Gasteiger partial charge on any atom is 0.124 e. The van der Waals surface area contributed by atoms with E-state index >= 15 is 0 Å². The number of hydrogen-bond donors (Lipinski definition) is 1. The molecule has 2 rings (SSSR count). The highest BCUT2D eigenvalue weighted by Crippen LogP contribution is 2.35. The molecule has 0 saturated carbocycles. The number of para-hydroxylation sites is 1. The van der Waals surface area contributed by atoms with Gasteiger partial charge in [-0.15, -0.1) is 11.8 Å². The van der Waals surface area contributed by atoms with Crippen LogP contribution in [0.25, 0.3) is 0 Å². The zero-order chi connectivity index (χ0) is 9.80. The smallest absolute Gasteiger partial charge is 0.124 e. The number of benzene rings is 1. The van der Waals surface area contributed by atoms with Crippen LogP contribution in [0.1, 0.15) is 17.9 Å². The molecule has 1 saturated heterocycles. The molecule has 0 aliphatic carbocycles. The van der Waals surface area contributed by atoms with Crippen LogP contribution in [0.4, 0.5) is 0 Å². The topological polar surface area (TPSA) is 21.3 Å². The van der Waals surface area contributed by atoms with Gasteiger partial charge in [-0.05, 0) is 13.0 Å². The van der Waals surface area contributed by atoms with Crippen LogP contribution in [0, 0.1) is 0 Å². The first kappa shape index (κ1) is 9.87. The third-order valence-corrected chi connectivity index (χ3v) is 3.41. The summed E-state index contributed by atoms with van der Waals surface area (Å²) in [7, 11) is 0. The average Bonchev–Trinajstić information content (AvgIpc) is 2.72. The van der Waals surface area contributed by atoms with Crippen molar-refractivity contribution in [1.29, 1.82) is 0 Å². The summed E-state index contributed by atoms with van der Waals surface area (Å²) in [6.45, 7) is 3.84. The molecular weight excluding hydrogens is 194 g/mol. The van der Waals surface area contributed by atoms with Crippen molar-refractivity contribution in [3.8, 4) is 5.75 Å². The molecule has 1 fully saturated rings. The summed E-state index contributed by atoms with van der Waals surface area (Å²) in [4.78, 5) is 0. The Labute approximate surface area is 89.0 Å². The van der Waals surface area contributed by atoms with E-state index in [-0.39, 0.29) is 0 Å². The molecule has 0 radical (unpaired) electrons. The Balaban J connectivity index is 2.21. The van der Waals surface area contributed by atoms with E-state index in [1.54, 1.807) is 0 Å². The molecule has 76 valence electrons. The van der Waals surface area contributed by atoms with E-state index in [9.17, 15) is 0 Å². The minimum absolute atomic E-state index is 0.415. The van der Waals surface area contributed by atoms with E-state index in [0.717, 1.165) is 18.9 Å². The van der Waals surface area contributed by atoms with Gasteiger partial charge in [-0.2, -0.15) is 0 Å². The van der Waals surface area contributed by atoms with Gasteiger partial charge in [0.25, 0.3) is 0 Å². The lowest BCUT2D eigenvalue weighted by Gasteiger charge is -2.14. The summed E-state index contributed by atoms with van der Waals surface area (Å²) in [5.41, 5.74) is 1.27. The van der Waals surface area contributed by atoms with Gasteiger partial charge in [-0.3, -0.25) is 0 Å². The summed E-state index contributed by atoms with van der Waals surface area (Å²) >= 11 is 1.94. The molecule has 0 amide bonds. The maximum absolute atomic E-state index is 5.60. The highest BCUT2D eigenvalue weighted by Gasteiger charge is 2.19. The van der Waals surface area contributed by atoms with E-state index in [1.165, 1.54) is 11.3 Å². The van der Waals surface area contributed by atoms with Gasteiger partial charge in [0.2, 0.25) is 0 Å². The summed E-state index contributed by atoms with van der Waals surface area (Å²) in [5, 5.41) is 3.87. The Morgan fingerprint density at radius 2 is 2.36 bits per heavy atom. The molecule has 1 heterocycles. The van der Waals surface area contributed by atoms with Crippen molar-refractivity contribution in [2.24, 2.45) is 0 Å². The van der Waals surface area contributed by atoms with Crippen LogP contribution in [-0.4, -0.2) is 18.9 Å². The molecule has 1 atom stereocenters. The number of ether oxygens (including phenoxy) is 1. The van der Waals surface area contributed by atoms with E-state index < -0.39 is 0 Å². The van der Waals surface area contributed by atoms with Crippen molar-refractivity contribution in [2.75, 3.05) is 18.9 Å². The second kappa shape index (κ2) is 4.71. The Kier molecular flexibility index (Phi) is 3.32. The van der Waals surface area contributed by atoms with Crippen molar-refractivity contribution >= 4 is 11.8 Å². The Morgan fingerprint density at radius 1 is 1.50 bits per heavy atom. The maximum atomic E-state index is 5.60. The quantitative estimate of drug-likeness (QED) is 0.826. The van der Waals surface area contributed by atoms with E-state index in [1.807, 2.05) is 30.8 Å². The van der Waals surface area contributed by atoms with Gasteiger partial charge in [0.15, 0.2) is 0 Å². The molecular formula is C11H15NOS. The highest BCUT2D eigenvalue weighted by molar-refractivity contribution is 7.99. The fraction of sp³-hybridized carbons (Fsp3) is 0.455. The van der Waals surface area contributed by atoms with Crippen LogP contribution < -0.4 is 10.1 Å². The molecule has 0 aromatic heterocycles. The molecule has 1 N–H and O–H groups in total. The Hall–Kier alpha value is -0.670. The Morgan fingerprint density at radius 3 is 3.07 bits per heavy atom. The van der Waals surface area contributed by atoms with Gasteiger partial charge in [-0.25, -0.2) is 0 Å². The second-order valence-electron chi connectivity index (χ2n) is 3.18. The fourth-order valence-corrected chi connectivity index (χ4v) is 2.69. The van der Waals surface area contributed by atoms with Crippen molar-refractivity contribution in [2.45, 2.75) is 12.3 Å². The number of hydrogen-bond acceptors (Lipinski definition) is 3. The predicted octanol–water partition coefficient (Wildman–Crippen LogP) is 2.42. The average molecular weight is 209 g/mol. The summed E-state index contributed by atoms with van der Waals surface area (Å²) in [5.74, 6) is 2.20. The first-order valence-electron chi connectivity index (χ1n) is 4.98. The van der Waals surface area contributed by atoms with E-state index in [4.69, 9.17) is 4.74 Å². The molecule has 1 aromatic rings. The minimum Gasteiger partial charge on any atom is -0.494 e. The third-order valence-electron chi connectivity index (χ3n) is 2.22. The van der Waals surface area contributed by atoms with Crippen LogP contribution in [-0.2, 0) is 0 Å². The van der Waals surface area contributed by atoms with Crippen LogP contribution in [0.15, 0.2) is 24.3 Å². The SMILES string of the molecule is CCOc1ccccc1[C@@H]1NCCS1. The van der Waals surface area contributed by atoms with E-state index in [0.29, 0.717) is 5.37 Å². The van der Waals surface area contributed by atoms with E-state index in [2.05, 4.69) is 17.4 Å². The number of rotatable bonds is 3. The normalized spacial score (nSPS) is 21.1. The monoisotopic (exact) mass is 209 g/mol. The summed E-state index contributed by atoms with van der Waals surface area (Å²) in [6.07, 6.45) is 0. The zero-order valence-electron chi connectivity index (χ0n) is 8.32. The van der Waals surface area contributed by atoms with Crippen LogP contribution in [0.5, 0.6) is 5.75 Å². The largest absolute Gasteiger partial charge is 0.494 e. The lowest BCUT2D eigenvalue weighted by molar-refractivity contribution is 0.335. The van der Waals surface area contributed by atoms with Gasteiger partial charge in [-0.1, -0.05) is 18.2 Å². The van der Waals surface area contributed by atoms with Crippen molar-refractivity contribution < 1.29 is 4.74 Å². The highest BCUT2D eigenvalue weighted by atomic mass is 32.2. The first-order valence-corrected chi connectivity index (χ1v) is 6.03. The van der Waals surface area contributed by atoms with Gasteiger partial charge in [0.05, 0.1) is 12.0 Å². The Bertz CT molecular complexity index is 297. The summed E-state index contributed by atoms with van der Waals surface area (Å²) < 4.78 is 5.60. The van der Waals surface area contributed by atoms with Crippen LogP contribution >= 0.6 is 11.8 Å². The lowest BCUT2D eigenvalue weighted by Crippen LogP contribution is -2.13. The summed E-state index contributed by atoms with van der Waals surface area (Å²) in [6, 6.07) is 8.27. The molecule has 1 aromatic carbocycles. The molecule has 3 heteroatoms. The van der Waals surface area contributed by atoms with Gasteiger partial charge in [0, 0.05) is 17.9 Å². The molecule has 1 aliphatic heterocycles. The number of thioether (sulfide) groups is 1. The molecule has 0 unspecified atom stereocenters. The van der Waals surface area contributed by atoms with Crippen molar-refractivity contribution in [1.82, 2.24) is 5.32 Å². The number of nitrogens with one attached hydrogen (secondary N) is 1. The molecule has 0 bridgehead atoms. The van der Waals surface area contributed by atoms with Crippen LogP contribution in [0.3, 0.4) is 0 Å². The molecule has 14 heavy (non-hydrogen) atoms. The molecule has 2 nitrogen and oxygen atoms in total.